The number of hydrogen-bond donors (Lipinski definition) is 0. The Bertz CT molecular complexity index is 670. The fourth-order valence-electron chi connectivity index (χ4n) is 1.69. The van der Waals surface area contributed by atoms with Crippen molar-refractivity contribution in [2.24, 2.45) is 0 Å². The van der Waals surface area contributed by atoms with Crippen LogP contribution in [0.1, 0.15) is 21.5 Å². The molecule has 5 heteroatoms. The number of nitrogens with zero attached hydrogens (tertiary/aromatic N) is 1. The molecule has 0 atom stereocenters. The molecule has 2 aromatic rings. The van der Waals surface area contributed by atoms with Gasteiger partial charge < -0.3 is 4.74 Å². The number of aldehydes is 1. The molecular weight excluding hydrogens is 386 g/mol. The second-order valence-corrected chi connectivity index (χ2v) is 5.70. The second kappa shape index (κ2) is 6.69. The van der Waals surface area contributed by atoms with Crippen molar-refractivity contribution in [3.05, 3.63) is 62.0 Å². The maximum absolute atomic E-state index is 10.8. The van der Waals surface area contributed by atoms with Gasteiger partial charge in [0.25, 0.3) is 0 Å². The van der Waals surface area contributed by atoms with Gasteiger partial charge in [0, 0.05) is 11.1 Å². The Kier molecular flexibility index (Phi) is 4.94. The monoisotopic (exact) mass is 393 g/mol. The highest BCUT2D eigenvalue weighted by Gasteiger charge is 2.10. The molecule has 0 aliphatic carbocycles. The smallest absolute Gasteiger partial charge is 0.150 e. The highest BCUT2D eigenvalue weighted by atomic mass is 79.9. The van der Waals surface area contributed by atoms with Crippen LogP contribution in [-0.4, -0.2) is 6.29 Å². The van der Waals surface area contributed by atoms with Crippen molar-refractivity contribution in [1.82, 2.24) is 0 Å². The van der Waals surface area contributed by atoms with E-state index in [1.165, 1.54) is 0 Å². The van der Waals surface area contributed by atoms with E-state index in [2.05, 4.69) is 37.9 Å². The summed E-state index contributed by atoms with van der Waals surface area (Å²) < 4.78 is 7.10. The van der Waals surface area contributed by atoms with Gasteiger partial charge in [-0.1, -0.05) is 18.2 Å². The third kappa shape index (κ3) is 3.27. The lowest BCUT2D eigenvalue weighted by Crippen LogP contribution is -2.00. The van der Waals surface area contributed by atoms with E-state index in [9.17, 15) is 4.79 Å². The quantitative estimate of drug-likeness (QED) is 0.718. The molecule has 0 amide bonds. The van der Waals surface area contributed by atoms with Crippen molar-refractivity contribution < 1.29 is 9.53 Å². The topological polar surface area (TPSA) is 50.1 Å². The molecule has 0 N–H and O–H groups in total. The van der Waals surface area contributed by atoms with Gasteiger partial charge in [0.1, 0.15) is 18.6 Å². The van der Waals surface area contributed by atoms with Gasteiger partial charge in [0.2, 0.25) is 0 Å². The van der Waals surface area contributed by atoms with Crippen LogP contribution in [0.3, 0.4) is 0 Å². The summed E-state index contributed by atoms with van der Waals surface area (Å²) in [7, 11) is 0. The molecule has 0 radical (unpaired) electrons. The van der Waals surface area contributed by atoms with Gasteiger partial charge in [0.05, 0.1) is 20.6 Å². The minimum Gasteiger partial charge on any atom is -0.486 e. The average Bonchev–Trinajstić information content (AvgIpc) is 2.46. The van der Waals surface area contributed by atoms with Crippen LogP contribution in [0.4, 0.5) is 0 Å². The Labute approximate surface area is 133 Å². The largest absolute Gasteiger partial charge is 0.486 e. The summed E-state index contributed by atoms with van der Waals surface area (Å²) in [4.78, 5) is 10.8. The first kappa shape index (κ1) is 14.8. The first-order valence-electron chi connectivity index (χ1n) is 5.70. The summed E-state index contributed by atoms with van der Waals surface area (Å²) in [5, 5.41) is 9.03. The fourth-order valence-corrected chi connectivity index (χ4v) is 3.14. The van der Waals surface area contributed by atoms with Crippen LogP contribution in [0.25, 0.3) is 0 Å². The standard InChI is InChI=1S/C15H9Br2NO2/c16-13-5-10(8-19)6-14(17)15(13)20-9-12-4-2-1-3-11(12)7-18/h1-6,8H,9H2. The molecule has 0 aliphatic rings. The van der Waals surface area contributed by atoms with Crippen LogP contribution in [-0.2, 0) is 6.61 Å². The maximum atomic E-state index is 10.8. The Hall–Kier alpha value is -1.64. The van der Waals surface area contributed by atoms with Gasteiger partial charge in [0.15, 0.2) is 0 Å². The number of benzene rings is 2. The molecular formula is C15H9Br2NO2. The summed E-state index contributed by atoms with van der Waals surface area (Å²) in [6.07, 6.45) is 0.768. The lowest BCUT2D eigenvalue weighted by atomic mass is 10.1. The molecule has 100 valence electrons. The Balaban J connectivity index is 2.24. The van der Waals surface area contributed by atoms with E-state index in [1.807, 2.05) is 18.2 Å². The van der Waals surface area contributed by atoms with E-state index in [0.717, 1.165) is 11.8 Å². The number of carbonyl (C=O) groups is 1. The lowest BCUT2D eigenvalue weighted by molar-refractivity contribution is 0.112. The Morgan fingerprint density at radius 1 is 1.20 bits per heavy atom. The van der Waals surface area contributed by atoms with Crippen LogP contribution in [0.2, 0.25) is 0 Å². The highest BCUT2D eigenvalue weighted by molar-refractivity contribution is 9.11. The van der Waals surface area contributed by atoms with Gasteiger partial charge >= 0.3 is 0 Å². The van der Waals surface area contributed by atoms with Gasteiger partial charge in [-0.15, -0.1) is 0 Å². The zero-order chi connectivity index (χ0) is 14.5. The van der Waals surface area contributed by atoms with Crippen molar-refractivity contribution in [1.29, 1.82) is 5.26 Å². The van der Waals surface area contributed by atoms with E-state index in [1.54, 1.807) is 18.2 Å². The maximum Gasteiger partial charge on any atom is 0.150 e. The van der Waals surface area contributed by atoms with Gasteiger partial charge in [-0.2, -0.15) is 5.26 Å². The van der Waals surface area contributed by atoms with Gasteiger partial charge in [-0.3, -0.25) is 4.79 Å². The number of ether oxygens (including phenoxy) is 1. The molecule has 3 nitrogen and oxygen atoms in total. The first-order valence-corrected chi connectivity index (χ1v) is 7.29. The first-order chi connectivity index (χ1) is 9.65. The fraction of sp³-hybridized carbons (Fsp3) is 0.0667. The summed E-state index contributed by atoms with van der Waals surface area (Å²) in [5.74, 6) is 0.600. The molecule has 0 heterocycles. The summed E-state index contributed by atoms with van der Waals surface area (Å²) in [5.41, 5.74) is 1.95. The molecule has 0 aliphatic heterocycles. The molecule has 2 aromatic carbocycles. The van der Waals surface area contributed by atoms with Crippen molar-refractivity contribution in [2.45, 2.75) is 6.61 Å². The van der Waals surface area contributed by atoms with Crippen molar-refractivity contribution in [3.63, 3.8) is 0 Å². The molecule has 0 aromatic heterocycles. The molecule has 0 saturated carbocycles. The average molecular weight is 395 g/mol. The summed E-state index contributed by atoms with van der Waals surface area (Å²) in [6, 6.07) is 12.8. The van der Waals surface area contributed by atoms with Gasteiger partial charge in [-0.05, 0) is 50.1 Å². The van der Waals surface area contributed by atoms with E-state index in [-0.39, 0.29) is 6.61 Å². The van der Waals surface area contributed by atoms with E-state index >= 15 is 0 Å². The van der Waals surface area contributed by atoms with Crippen LogP contribution >= 0.6 is 31.9 Å². The lowest BCUT2D eigenvalue weighted by Gasteiger charge is -2.11. The molecule has 0 spiro atoms. The normalized spacial score (nSPS) is 9.85. The van der Waals surface area contributed by atoms with Crippen LogP contribution in [0, 0.1) is 11.3 Å². The van der Waals surface area contributed by atoms with Crippen LogP contribution in [0.15, 0.2) is 45.3 Å². The molecule has 0 saturated heterocycles. The van der Waals surface area contributed by atoms with E-state index in [4.69, 9.17) is 10.00 Å². The van der Waals surface area contributed by atoms with Crippen LogP contribution in [0.5, 0.6) is 5.75 Å². The minimum atomic E-state index is 0.279. The molecule has 2 rings (SSSR count). The molecule has 0 bridgehead atoms. The number of hydrogen-bond acceptors (Lipinski definition) is 3. The summed E-state index contributed by atoms with van der Waals surface area (Å²) in [6.45, 7) is 0.279. The number of rotatable bonds is 4. The molecule has 0 fully saturated rings. The number of halogens is 2. The third-order valence-corrected chi connectivity index (χ3v) is 3.84. The second-order valence-electron chi connectivity index (χ2n) is 3.99. The minimum absolute atomic E-state index is 0.279. The Morgan fingerprint density at radius 2 is 1.85 bits per heavy atom. The van der Waals surface area contributed by atoms with Crippen molar-refractivity contribution in [2.75, 3.05) is 0 Å². The van der Waals surface area contributed by atoms with Gasteiger partial charge in [-0.25, -0.2) is 0 Å². The zero-order valence-electron chi connectivity index (χ0n) is 10.3. The summed E-state index contributed by atoms with van der Waals surface area (Å²) >= 11 is 6.74. The predicted molar refractivity (Wildman–Crippen MR) is 82.7 cm³/mol. The van der Waals surface area contributed by atoms with E-state index in [0.29, 0.717) is 25.8 Å². The van der Waals surface area contributed by atoms with E-state index < -0.39 is 0 Å². The van der Waals surface area contributed by atoms with Crippen molar-refractivity contribution in [3.8, 4) is 11.8 Å². The zero-order valence-corrected chi connectivity index (χ0v) is 13.4. The van der Waals surface area contributed by atoms with Crippen LogP contribution < -0.4 is 4.74 Å². The number of nitriles is 1. The predicted octanol–water partition coefficient (Wildman–Crippen LogP) is 4.47. The van der Waals surface area contributed by atoms with Crippen molar-refractivity contribution >= 4 is 38.1 Å². The third-order valence-electron chi connectivity index (χ3n) is 2.67. The highest BCUT2D eigenvalue weighted by Crippen LogP contribution is 2.35. The SMILES string of the molecule is N#Cc1ccccc1COc1c(Br)cc(C=O)cc1Br. The molecule has 0 unspecified atom stereocenters. The molecule has 20 heavy (non-hydrogen) atoms. The number of carbonyl (C=O) groups excluding carboxylic acids is 1. The Morgan fingerprint density at radius 3 is 2.45 bits per heavy atom.